The van der Waals surface area contributed by atoms with Gasteiger partial charge >= 0.3 is 0 Å². The van der Waals surface area contributed by atoms with Crippen molar-refractivity contribution in [3.8, 4) is 0 Å². The topological polar surface area (TPSA) is 61.9 Å². The average Bonchev–Trinajstić information content (AvgIpc) is 2.74. The van der Waals surface area contributed by atoms with Crippen LogP contribution in [-0.4, -0.2) is 73.6 Å². The van der Waals surface area contributed by atoms with Gasteiger partial charge in [0.05, 0.1) is 12.0 Å². The maximum atomic E-state index is 13.7. The molecular formula is C21H28FN3O3. The van der Waals surface area contributed by atoms with E-state index in [4.69, 9.17) is 4.74 Å². The molecule has 7 heteroatoms. The summed E-state index contributed by atoms with van der Waals surface area (Å²) in [7, 11) is 0. The molecule has 0 radical (unpaired) electrons. The van der Waals surface area contributed by atoms with E-state index in [2.05, 4.69) is 5.32 Å². The summed E-state index contributed by atoms with van der Waals surface area (Å²) in [4.78, 5) is 29.9. The lowest BCUT2D eigenvalue weighted by Crippen LogP contribution is -2.59. The molecule has 28 heavy (non-hydrogen) atoms. The molecule has 0 saturated carbocycles. The van der Waals surface area contributed by atoms with Gasteiger partial charge in [0.15, 0.2) is 0 Å². The average molecular weight is 389 g/mol. The highest BCUT2D eigenvalue weighted by molar-refractivity contribution is 5.88. The zero-order valence-corrected chi connectivity index (χ0v) is 16.2. The smallest absolute Gasteiger partial charge is 0.236 e. The van der Waals surface area contributed by atoms with Gasteiger partial charge in [-0.2, -0.15) is 0 Å². The third-order valence-electron chi connectivity index (χ3n) is 6.40. The minimum atomic E-state index is -0.665. The van der Waals surface area contributed by atoms with Crippen molar-refractivity contribution in [3.05, 3.63) is 35.6 Å². The third-order valence-corrected chi connectivity index (χ3v) is 6.40. The predicted octanol–water partition coefficient (Wildman–Crippen LogP) is 1.30. The van der Waals surface area contributed by atoms with E-state index in [-0.39, 0.29) is 23.7 Å². The number of nitrogens with one attached hydrogen (secondary N) is 1. The number of hydrogen-bond acceptors (Lipinski definition) is 4. The summed E-state index contributed by atoms with van der Waals surface area (Å²) in [5, 5.41) is 3.11. The predicted molar refractivity (Wildman–Crippen MR) is 102 cm³/mol. The van der Waals surface area contributed by atoms with E-state index in [1.165, 1.54) is 12.1 Å². The van der Waals surface area contributed by atoms with Crippen LogP contribution in [-0.2, 0) is 19.7 Å². The number of benzene rings is 1. The number of likely N-dealkylation sites (tertiary alicyclic amines) is 1. The molecule has 152 valence electrons. The molecule has 3 saturated heterocycles. The lowest BCUT2D eigenvalue weighted by Gasteiger charge is -2.45. The van der Waals surface area contributed by atoms with Gasteiger partial charge in [-0.05, 0) is 43.4 Å². The standard InChI is InChI=1S/C21H28FN3O3/c22-17-5-3-16(4-6-17)21(7-12-28-13-8-21)20(27)24-10-1-2-18(15-24)25-11-9-23-14-19(25)26/h3-6,18,23H,1-2,7-15H2. The van der Waals surface area contributed by atoms with E-state index < -0.39 is 5.41 Å². The number of rotatable bonds is 3. The molecule has 3 aliphatic heterocycles. The first-order valence-corrected chi connectivity index (χ1v) is 10.2. The largest absolute Gasteiger partial charge is 0.381 e. The van der Waals surface area contributed by atoms with Crippen molar-refractivity contribution in [2.75, 3.05) is 45.9 Å². The molecular weight excluding hydrogens is 361 g/mol. The minimum absolute atomic E-state index is 0.0809. The molecule has 3 aliphatic rings. The number of nitrogens with zero attached hydrogens (tertiary/aromatic N) is 2. The van der Waals surface area contributed by atoms with Gasteiger partial charge in [0, 0.05) is 45.4 Å². The number of carbonyl (C=O) groups is 2. The molecule has 4 rings (SSSR count). The van der Waals surface area contributed by atoms with E-state index >= 15 is 0 Å². The van der Waals surface area contributed by atoms with Crippen LogP contribution in [0.4, 0.5) is 4.39 Å². The number of halogens is 1. The Morgan fingerprint density at radius 2 is 1.93 bits per heavy atom. The molecule has 2 amide bonds. The summed E-state index contributed by atoms with van der Waals surface area (Å²) in [5.41, 5.74) is 0.198. The van der Waals surface area contributed by atoms with Gasteiger partial charge in [-0.15, -0.1) is 0 Å². The molecule has 3 heterocycles. The van der Waals surface area contributed by atoms with Gasteiger partial charge in [0.25, 0.3) is 0 Å². The summed E-state index contributed by atoms with van der Waals surface area (Å²) in [6.07, 6.45) is 3.03. The van der Waals surface area contributed by atoms with Crippen LogP contribution in [0.2, 0.25) is 0 Å². The Bertz CT molecular complexity index is 718. The number of piperidine rings is 1. The molecule has 0 bridgehead atoms. The summed E-state index contributed by atoms with van der Waals surface area (Å²) < 4.78 is 19.0. The van der Waals surface area contributed by atoms with Crippen molar-refractivity contribution in [3.63, 3.8) is 0 Å². The Balaban J connectivity index is 1.56. The lowest BCUT2D eigenvalue weighted by molar-refractivity contribution is -0.146. The van der Waals surface area contributed by atoms with E-state index in [0.717, 1.165) is 24.9 Å². The number of hydrogen-bond donors (Lipinski definition) is 1. The van der Waals surface area contributed by atoms with Crippen LogP contribution >= 0.6 is 0 Å². The van der Waals surface area contributed by atoms with Crippen LogP contribution in [0, 0.1) is 5.82 Å². The quantitative estimate of drug-likeness (QED) is 0.847. The molecule has 1 aromatic carbocycles. The Kier molecular flexibility index (Phi) is 5.64. The Morgan fingerprint density at radius 1 is 1.18 bits per heavy atom. The zero-order chi connectivity index (χ0) is 19.6. The highest BCUT2D eigenvalue weighted by Gasteiger charge is 2.45. The molecule has 1 unspecified atom stereocenters. The lowest BCUT2D eigenvalue weighted by atomic mass is 9.72. The van der Waals surface area contributed by atoms with Crippen LogP contribution in [0.5, 0.6) is 0 Å². The van der Waals surface area contributed by atoms with Gasteiger partial charge in [-0.3, -0.25) is 9.59 Å². The van der Waals surface area contributed by atoms with Crippen molar-refractivity contribution in [2.24, 2.45) is 0 Å². The van der Waals surface area contributed by atoms with Crippen molar-refractivity contribution in [1.82, 2.24) is 15.1 Å². The first kappa shape index (κ1) is 19.3. The van der Waals surface area contributed by atoms with Crippen molar-refractivity contribution < 1.29 is 18.7 Å². The highest BCUT2D eigenvalue weighted by Crippen LogP contribution is 2.38. The van der Waals surface area contributed by atoms with Crippen LogP contribution in [0.15, 0.2) is 24.3 Å². The van der Waals surface area contributed by atoms with Crippen LogP contribution in [0.25, 0.3) is 0 Å². The monoisotopic (exact) mass is 389 g/mol. The summed E-state index contributed by atoms with van der Waals surface area (Å²) in [6, 6.07) is 6.41. The molecule has 1 N–H and O–H groups in total. The van der Waals surface area contributed by atoms with Crippen LogP contribution < -0.4 is 5.32 Å². The SMILES string of the molecule is O=C1CNCCN1C1CCCN(C(=O)C2(c3ccc(F)cc3)CCOCC2)C1. The van der Waals surface area contributed by atoms with E-state index in [0.29, 0.717) is 52.2 Å². The Hall–Kier alpha value is -1.99. The fourth-order valence-electron chi connectivity index (χ4n) is 4.82. The molecule has 3 fully saturated rings. The molecule has 0 aliphatic carbocycles. The first-order valence-electron chi connectivity index (χ1n) is 10.2. The van der Waals surface area contributed by atoms with Gasteiger partial charge in [-0.1, -0.05) is 12.1 Å². The van der Waals surface area contributed by atoms with Crippen molar-refractivity contribution in [2.45, 2.75) is 37.1 Å². The fraction of sp³-hybridized carbons (Fsp3) is 0.619. The third kappa shape index (κ3) is 3.65. The van der Waals surface area contributed by atoms with E-state index in [1.54, 1.807) is 12.1 Å². The van der Waals surface area contributed by atoms with Crippen LogP contribution in [0.1, 0.15) is 31.2 Å². The number of piperazine rings is 1. The molecule has 1 atom stereocenters. The molecule has 6 nitrogen and oxygen atoms in total. The number of amides is 2. The summed E-state index contributed by atoms with van der Waals surface area (Å²) >= 11 is 0. The zero-order valence-electron chi connectivity index (χ0n) is 16.2. The summed E-state index contributed by atoms with van der Waals surface area (Å²) in [6.45, 7) is 4.21. The summed E-state index contributed by atoms with van der Waals surface area (Å²) in [5.74, 6) is -0.0896. The second-order valence-corrected chi connectivity index (χ2v) is 8.01. The molecule has 0 aromatic heterocycles. The fourth-order valence-corrected chi connectivity index (χ4v) is 4.82. The van der Waals surface area contributed by atoms with Crippen molar-refractivity contribution >= 4 is 11.8 Å². The molecule has 0 spiro atoms. The maximum absolute atomic E-state index is 13.7. The Morgan fingerprint density at radius 3 is 2.64 bits per heavy atom. The van der Waals surface area contributed by atoms with Gasteiger partial charge in [-0.25, -0.2) is 4.39 Å². The van der Waals surface area contributed by atoms with E-state index in [9.17, 15) is 14.0 Å². The second kappa shape index (κ2) is 8.17. The number of ether oxygens (including phenoxy) is 1. The van der Waals surface area contributed by atoms with Crippen LogP contribution in [0.3, 0.4) is 0 Å². The van der Waals surface area contributed by atoms with E-state index in [1.807, 2.05) is 9.80 Å². The van der Waals surface area contributed by atoms with Crippen molar-refractivity contribution in [1.29, 1.82) is 0 Å². The van der Waals surface area contributed by atoms with Gasteiger partial charge in [0.2, 0.25) is 11.8 Å². The molecule has 1 aromatic rings. The number of carbonyl (C=O) groups excluding carboxylic acids is 2. The van der Waals surface area contributed by atoms with Gasteiger partial charge in [0.1, 0.15) is 5.82 Å². The van der Waals surface area contributed by atoms with Gasteiger partial charge < -0.3 is 19.9 Å². The second-order valence-electron chi connectivity index (χ2n) is 8.01. The normalized spacial score (nSPS) is 25.6. The maximum Gasteiger partial charge on any atom is 0.236 e. The minimum Gasteiger partial charge on any atom is -0.381 e. The Labute approximate surface area is 165 Å². The first-order chi connectivity index (χ1) is 13.6. The highest BCUT2D eigenvalue weighted by atomic mass is 19.1.